The van der Waals surface area contributed by atoms with E-state index in [-0.39, 0.29) is 29.5 Å². The third kappa shape index (κ3) is 4.87. The van der Waals surface area contributed by atoms with Gasteiger partial charge in [0.1, 0.15) is 23.6 Å². The summed E-state index contributed by atoms with van der Waals surface area (Å²) in [5.41, 5.74) is 0.709. The molecule has 34 heavy (non-hydrogen) atoms. The van der Waals surface area contributed by atoms with Crippen molar-refractivity contribution in [2.75, 3.05) is 13.1 Å². The number of carboxylic acids is 1. The Morgan fingerprint density at radius 3 is 2.71 bits per heavy atom. The molecule has 9 heteroatoms. The van der Waals surface area contributed by atoms with E-state index in [9.17, 15) is 23.6 Å². The summed E-state index contributed by atoms with van der Waals surface area (Å²) in [7, 11) is 0. The molecule has 1 fully saturated rings. The third-order valence-corrected chi connectivity index (χ3v) is 6.36. The number of likely N-dealkylation sites (tertiary alicyclic amines) is 1. The summed E-state index contributed by atoms with van der Waals surface area (Å²) >= 11 is 6.19. The summed E-state index contributed by atoms with van der Waals surface area (Å²) < 4.78 is 18.8. The van der Waals surface area contributed by atoms with E-state index in [1.54, 1.807) is 12.1 Å². The van der Waals surface area contributed by atoms with Crippen LogP contribution in [0, 0.1) is 11.7 Å². The van der Waals surface area contributed by atoms with Gasteiger partial charge in [-0.15, -0.1) is 0 Å². The van der Waals surface area contributed by atoms with Crippen molar-refractivity contribution in [2.45, 2.75) is 25.2 Å². The fourth-order valence-electron chi connectivity index (χ4n) is 4.46. The Morgan fingerprint density at radius 1 is 1.21 bits per heavy atom. The topological polar surface area (TPSA) is 105 Å². The average Bonchev–Trinajstić information content (AvgIpc) is 2.78. The Kier molecular flexibility index (Phi) is 6.79. The zero-order chi connectivity index (χ0) is 24.4. The predicted molar refractivity (Wildman–Crippen MR) is 123 cm³/mol. The first-order valence-electron chi connectivity index (χ1n) is 10.8. The van der Waals surface area contributed by atoms with Crippen LogP contribution in [0.1, 0.15) is 30.7 Å². The first-order chi connectivity index (χ1) is 16.3. The van der Waals surface area contributed by atoms with Gasteiger partial charge in [0.15, 0.2) is 0 Å². The Morgan fingerprint density at radius 2 is 2.00 bits per heavy atom. The number of hydrogen-bond donors (Lipinski definition) is 1. The number of fused-ring (bicyclic) bond motifs is 1. The number of nitrogens with zero attached hydrogens (tertiary/aromatic N) is 1. The van der Waals surface area contributed by atoms with E-state index in [2.05, 4.69) is 0 Å². The summed E-state index contributed by atoms with van der Waals surface area (Å²) in [5.74, 6) is -3.16. The molecule has 0 spiro atoms. The highest BCUT2D eigenvalue weighted by Gasteiger charge is 2.31. The second-order valence-corrected chi connectivity index (χ2v) is 8.77. The van der Waals surface area contributed by atoms with E-state index >= 15 is 0 Å². The van der Waals surface area contributed by atoms with Gasteiger partial charge in [-0.1, -0.05) is 23.7 Å². The van der Waals surface area contributed by atoms with Crippen LogP contribution in [0.2, 0.25) is 5.02 Å². The van der Waals surface area contributed by atoms with Crippen molar-refractivity contribution in [2.24, 2.45) is 5.92 Å². The molecule has 0 saturated carbocycles. The monoisotopic (exact) mass is 485 g/mol. The highest BCUT2D eigenvalue weighted by Crippen LogP contribution is 2.34. The SMILES string of the molecule is O=C[C@H](C(=O)N1CCC[C@@H](CC(=O)O)C1)c1ccc2c(-c3ccc(F)cc3Cl)cc(=O)oc2c1. The number of aldehydes is 1. The molecule has 176 valence electrons. The molecule has 0 unspecified atom stereocenters. The van der Waals surface area contributed by atoms with Crippen LogP contribution in [0.15, 0.2) is 51.7 Å². The van der Waals surface area contributed by atoms with E-state index in [4.69, 9.17) is 21.1 Å². The van der Waals surface area contributed by atoms with Crippen molar-refractivity contribution in [1.29, 1.82) is 0 Å². The standard InChI is InChI=1S/C25H21ClFNO6/c26-21-10-16(27)4-6-17(21)19-11-24(32)34-22-9-15(3-5-18(19)22)20(13-29)25(33)28-7-1-2-14(12-28)8-23(30)31/h3-6,9-11,13-14,20H,1-2,7-8,12H2,(H,30,31)/t14-,20-/m0/s1. The minimum Gasteiger partial charge on any atom is -0.481 e. The maximum Gasteiger partial charge on any atom is 0.336 e. The molecule has 1 aliphatic heterocycles. The van der Waals surface area contributed by atoms with Crippen molar-refractivity contribution < 1.29 is 28.3 Å². The van der Waals surface area contributed by atoms with E-state index in [0.29, 0.717) is 47.7 Å². The van der Waals surface area contributed by atoms with Gasteiger partial charge < -0.3 is 19.2 Å². The molecule has 0 radical (unpaired) electrons. The maximum absolute atomic E-state index is 13.5. The van der Waals surface area contributed by atoms with Gasteiger partial charge in [0.25, 0.3) is 0 Å². The quantitative estimate of drug-likeness (QED) is 0.318. The van der Waals surface area contributed by atoms with Crippen LogP contribution < -0.4 is 5.63 Å². The fourth-order valence-corrected chi connectivity index (χ4v) is 4.73. The highest BCUT2D eigenvalue weighted by molar-refractivity contribution is 6.33. The lowest BCUT2D eigenvalue weighted by atomic mass is 9.91. The van der Waals surface area contributed by atoms with Crippen molar-refractivity contribution in [3.8, 4) is 11.1 Å². The molecule has 4 rings (SSSR count). The van der Waals surface area contributed by atoms with Crippen LogP contribution in [0.3, 0.4) is 0 Å². The predicted octanol–water partition coefficient (Wildman–Crippen LogP) is 4.25. The van der Waals surface area contributed by atoms with Gasteiger partial charge >= 0.3 is 11.6 Å². The van der Waals surface area contributed by atoms with E-state index in [0.717, 1.165) is 6.07 Å². The first-order valence-corrected chi connectivity index (χ1v) is 11.1. The van der Waals surface area contributed by atoms with Crippen molar-refractivity contribution in [3.63, 3.8) is 0 Å². The number of rotatable bonds is 6. The average molecular weight is 486 g/mol. The molecular formula is C25H21ClFNO6. The summed E-state index contributed by atoms with van der Waals surface area (Å²) in [6.07, 6.45) is 1.86. The molecule has 3 aromatic rings. The maximum atomic E-state index is 13.5. The number of amides is 1. The van der Waals surface area contributed by atoms with Crippen molar-refractivity contribution in [1.82, 2.24) is 4.90 Å². The molecule has 0 bridgehead atoms. The van der Waals surface area contributed by atoms with E-state index in [1.807, 2.05) is 0 Å². The number of carbonyl (C=O) groups excluding carboxylic acids is 2. The smallest absolute Gasteiger partial charge is 0.336 e. The molecule has 1 saturated heterocycles. The highest BCUT2D eigenvalue weighted by atomic mass is 35.5. The fraction of sp³-hybridized carbons (Fsp3) is 0.280. The number of aliphatic carboxylic acids is 1. The van der Waals surface area contributed by atoms with Crippen molar-refractivity contribution >= 4 is 40.7 Å². The van der Waals surface area contributed by atoms with Gasteiger partial charge in [-0.2, -0.15) is 0 Å². The molecule has 2 heterocycles. The number of carboxylic acid groups (broad SMARTS) is 1. The Labute approximate surface area is 198 Å². The summed E-state index contributed by atoms with van der Waals surface area (Å²) in [6.45, 7) is 0.709. The number of piperidine rings is 1. The molecule has 2 atom stereocenters. The van der Waals surface area contributed by atoms with Gasteiger partial charge in [-0.25, -0.2) is 9.18 Å². The number of carbonyl (C=O) groups is 3. The zero-order valence-corrected chi connectivity index (χ0v) is 18.8. The second-order valence-electron chi connectivity index (χ2n) is 8.36. The van der Waals surface area contributed by atoms with E-state index in [1.165, 1.54) is 29.2 Å². The molecule has 1 aromatic heterocycles. The summed E-state index contributed by atoms with van der Waals surface area (Å²) in [4.78, 5) is 49.9. The molecule has 0 aliphatic carbocycles. The third-order valence-electron chi connectivity index (χ3n) is 6.05. The minimum atomic E-state index is -1.13. The van der Waals surface area contributed by atoms with Crippen molar-refractivity contribution in [3.05, 3.63) is 69.3 Å². The lowest BCUT2D eigenvalue weighted by Crippen LogP contribution is -2.43. The van der Waals surface area contributed by atoms with Gasteiger partial charge in [0, 0.05) is 42.1 Å². The lowest BCUT2D eigenvalue weighted by Gasteiger charge is -2.33. The number of benzene rings is 2. The number of hydrogen-bond acceptors (Lipinski definition) is 5. The van der Waals surface area contributed by atoms with Crippen LogP contribution in [-0.2, 0) is 14.4 Å². The molecule has 7 nitrogen and oxygen atoms in total. The molecule has 1 amide bonds. The van der Waals surface area contributed by atoms with Crippen LogP contribution >= 0.6 is 11.6 Å². The van der Waals surface area contributed by atoms with Gasteiger partial charge in [0.05, 0.1) is 5.02 Å². The van der Waals surface area contributed by atoms with Crippen LogP contribution in [0.4, 0.5) is 4.39 Å². The Bertz CT molecular complexity index is 1340. The largest absolute Gasteiger partial charge is 0.481 e. The summed E-state index contributed by atoms with van der Waals surface area (Å²) in [6, 6.07) is 9.76. The second kappa shape index (κ2) is 9.77. The Balaban J connectivity index is 1.69. The molecule has 2 aromatic carbocycles. The normalized spacial score (nSPS) is 16.9. The first kappa shape index (κ1) is 23.6. The zero-order valence-electron chi connectivity index (χ0n) is 18.0. The van der Waals surface area contributed by atoms with Crippen LogP contribution in [-0.4, -0.2) is 41.3 Å². The summed E-state index contributed by atoms with van der Waals surface area (Å²) in [5, 5.41) is 9.69. The van der Waals surface area contributed by atoms with E-state index < -0.39 is 29.2 Å². The van der Waals surface area contributed by atoms with Gasteiger partial charge in [0.2, 0.25) is 5.91 Å². The number of halogens is 2. The van der Waals surface area contributed by atoms with Crippen LogP contribution in [0.5, 0.6) is 0 Å². The van der Waals surface area contributed by atoms with Crippen LogP contribution in [0.25, 0.3) is 22.1 Å². The minimum absolute atomic E-state index is 0.0363. The Hall–Kier alpha value is -3.52. The van der Waals surface area contributed by atoms with Gasteiger partial charge in [-0.05, 0) is 48.6 Å². The molecule has 1 N–H and O–H groups in total. The lowest BCUT2D eigenvalue weighted by molar-refractivity contribution is -0.141. The molecular weight excluding hydrogens is 465 g/mol. The van der Waals surface area contributed by atoms with Gasteiger partial charge in [-0.3, -0.25) is 9.59 Å². The molecule has 1 aliphatic rings.